The summed E-state index contributed by atoms with van der Waals surface area (Å²) >= 11 is 0. The standard InChI is InChI=1S/C29H36FNO7S/c1-6-9-10-17-37-25-14-11-13-20(4)28(25)21-15-16-23(30)22(18-21)24(19-27(32)36-8-3)31-29(33)26(12-7-2)38-39(5,34)35/h6-7,11,13-16,18,24,26H,1-2,8-10,12,17,19H2,3-5H3,(H,31,33)/t24-,26+/m0/s1. The molecule has 0 saturated heterocycles. The van der Waals surface area contributed by atoms with E-state index in [1.54, 1.807) is 19.1 Å². The van der Waals surface area contributed by atoms with Crippen molar-refractivity contribution in [2.45, 2.75) is 51.7 Å². The fraction of sp³-hybridized carbons (Fsp3) is 0.379. The third-order valence-electron chi connectivity index (χ3n) is 5.66. The Morgan fingerprint density at radius 2 is 1.90 bits per heavy atom. The van der Waals surface area contributed by atoms with Gasteiger partial charge in [-0.2, -0.15) is 8.42 Å². The molecule has 0 aliphatic rings. The lowest BCUT2D eigenvalue weighted by Gasteiger charge is -2.23. The van der Waals surface area contributed by atoms with Crippen LogP contribution < -0.4 is 10.1 Å². The van der Waals surface area contributed by atoms with E-state index in [1.807, 2.05) is 31.2 Å². The van der Waals surface area contributed by atoms with Crippen LogP contribution in [-0.2, 0) is 28.6 Å². The van der Waals surface area contributed by atoms with Crippen molar-refractivity contribution in [1.29, 1.82) is 0 Å². The van der Waals surface area contributed by atoms with Gasteiger partial charge in [0.1, 0.15) is 11.6 Å². The van der Waals surface area contributed by atoms with E-state index < -0.39 is 46.4 Å². The Hall–Kier alpha value is -3.50. The topological polar surface area (TPSA) is 108 Å². The second-order valence-corrected chi connectivity index (χ2v) is 10.4. The number of hydrogen-bond donors (Lipinski definition) is 1. The number of allylic oxidation sites excluding steroid dienone is 1. The van der Waals surface area contributed by atoms with Gasteiger partial charge in [0.25, 0.3) is 16.0 Å². The molecule has 0 unspecified atom stereocenters. The summed E-state index contributed by atoms with van der Waals surface area (Å²) in [5.74, 6) is -1.57. The SMILES string of the molecule is C=CCCCOc1cccc(C)c1-c1ccc(F)c([C@H](CC(=O)OCC)NC(=O)[C@@H](CC=C)OS(C)(=O)=O)c1. The Bertz CT molecular complexity index is 1280. The molecule has 8 nitrogen and oxygen atoms in total. The van der Waals surface area contributed by atoms with Crippen LogP contribution in [0.2, 0.25) is 0 Å². The summed E-state index contributed by atoms with van der Waals surface area (Å²) in [6, 6.07) is 8.78. The number of hydrogen-bond acceptors (Lipinski definition) is 7. The zero-order valence-corrected chi connectivity index (χ0v) is 23.4. The fourth-order valence-electron chi connectivity index (χ4n) is 3.95. The molecule has 0 aliphatic carbocycles. The first kappa shape index (κ1) is 31.7. The van der Waals surface area contributed by atoms with Crippen LogP contribution in [0.5, 0.6) is 5.75 Å². The second kappa shape index (κ2) is 15.2. The number of unbranched alkanes of at least 4 members (excludes halogenated alkanes) is 1. The maximum Gasteiger partial charge on any atom is 0.308 e. The van der Waals surface area contributed by atoms with Crippen molar-refractivity contribution in [3.63, 3.8) is 0 Å². The Morgan fingerprint density at radius 3 is 2.54 bits per heavy atom. The van der Waals surface area contributed by atoms with Gasteiger partial charge in [0.2, 0.25) is 0 Å². The molecule has 1 amide bonds. The highest BCUT2D eigenvalue weighted by atomic mass is 32.2. The normalized spacial score (nSPS) is 12.7. The average Bonchev–Trinajstić information content (AvgIpc) is 2.86. The molecule has 0 fully saturated rings. The molecule has 2 rings (SSSR count). The molecular weight excluding hydrogens is 525 g/mol. The molecule has 0 aliphatic heterocycles. The minimum atomic E-state index is -3.99. The second-order valence-electron chi connectivity index (χ2n) is 8.85. The van der Waals surface area contributed by atoms with E-state index in [0.717, 1.165) is 30.2 Å². The maximum atomic E-state index is 15.2. The predicted molar refractivity (Wildman–Crippen MR) is 148 cm³/mol. The zero-order chi connectivity index (χ0) is 29.0. The third kappa shape index (κ3) is 9.96. The number of carbonyl (C=O) groups is 2. The summed E-state index contributed by atoms with van der Waals surface area (Å²) in [4.78, 5) is 25.4. The van der Waals surface area contributed by atoms with Gasteiger partial charge in [-0.3, -0.25) is 13.8 Å². The summed E-state index contributed by atoms with van der Waals surface area (Å²) < 4.78 is 54.5. The summed E-state index contributed by atoms with van der Waals surface area (Å²) in [6.07, 6.45) is 3.57. The molecule has 0 radical (unpaired) electrons. The van der Waals surface area contributed by atoms with Crippen molar-refractivity contribution >= 4 is 22.0 Å². The van der Waals surface area contributed by atoms with Crippen molar-refractivity contribution in [3.05, 3.63) is 78.7 Å². The molecule has 10 heteroatoms. The molecule has 0 aromatic heterocycles. The van der Waals surface area contributed by atoms with Gasteiger partial charge < -0.3 is 14.8 Å². The lowest BCUT2D eigenvalue weighted by molar-refractivity contribution is -0.144. The lowest BCUT2D eigenvalue weighted by Crippen LogP contribution is -2.40. The first-order chi connectivity index (χ1) is 18.5. The number of esters is 1. The number of benzene rings is 2. The highest BCUT2D eigenvalue weighted by Crippen LogP contribution is 2.36. The van der Waals surface area contributed by atoms with Crippen LogP contribution >= 0.6 is 0 Å². The van der Waals surface area contributed by atoms with Gasteiger partial charge in [0.15, 0.2) is 6.10 Å². The summed E-state index contributed by atoms with van der Waals surface area (Å²) in [7, 11) is -3.99. The summed E-state index contributed by atoms with van der Waals surface area (Å²) in [5, 5.41) is 2.57. The van der Waals surface area contributed by atoms with E-state index in [4.69, 9.17) is 13.7 Å². The molecule has 2 atom stereocenters. The van der Waals surface area contributed by atoms with Crippen molar-refractivity contribution in [1.82, 2.24) is 5.32 Å². The van der Waals surface area contributed by atoms with Crippen LogP contribution in [0, 0.1) is 12.7 Å². The number of amides is 1. The minimum Gasteiger partial charge on any atom is -0.493 e. The van der Waals surface area contributed by atoms with E-state index >= 15 is 4.39 Å². The average molecular weight is 562 g/mol. The molecule has 1 N–H and O–H groups in total. The molecule has 0 heterocycles. The van der Waals surface area contributed by atoms with Crippen LogP contribution in [0.25, 0.3) is 11.1 Å². The molecule has 0 spiro atoms. The van der Waals surface area contributed by atoms with Gasteiger partial charge in [0, 0.05) is 17.5 Å². The van der Waals surface area contributed by atoms with Crippen LogP contribution in [0.1, 0.15) is 49.8 Å². The fourth-order valence-corrected chi connectivity index (χ4v) is 4.54. The lowest BCUT2D eigenvalue weighted by atomic mass is 9.94. The van der Waals surface area contributed by atoms with Gasteiger partial charge in [-0.05, 0) is 56.0 Å². The highest BCUT2D eigenvalue weighted by Gasteiger charge is 2.29. The maximum absolute atomic E-state index is 15.2. The first-order valence-electron chi connectivity index (χ1n) is 12.6. The van der Waals surface area contributed by atoms with Gasteiger partial charge in [-0.1, -0.05) is 30.4 Å². The van der Waals surface area contributed by atoms with Crippen LogP contribution in [-0.4, -0.2) is 45.9 Å². The number of ether oxygens (including phenoxy) is 2. The van der Waals surface area contributed by atoms with E-state index in [9.17, 15) is 18.0 Å². The highest BCUT2D eigenvalue weighted by molar-refractivity contribution is 7.86. The number of nitrogens with one attached hydrogen (secondary N) is 1. The number of halogens is 1. The zero-order valence-electron chi connectivity index (χ0n) is 22.6. The van der Waals surface area contributed by atoms with Crippen LogP contribution in [0.3, 0.4) is 0 Å². The first-order valence-corrected chi connectivity index (χ1v) is 14.4. The molecule has 0 bridgehead atoms. The number of aryl methyl sites for hydroxylation is 1. The monoisotopic (exact) mass is 561 g/mol. The Labute approximate surface area is 230 Å². The van der Waals surface area contributed by atoms with Gasteiger partial charge in [0.05, 0.1) is 31.9 Å². The minimum absolute atomic E-state index is 0.0199. The van der Waals surface area contributed by atoms with Gasteiger partial charge >= 0.3 is 5.97 Å². The molecule has 39 heavy (non-hydrogen) atoms. The smallest absolute Gasteiger partial charge is 0.308 e. The van der Waals surface area contributed by atoms with E-state index in [0.29, 0.717) is 17.9 Å². The molecular formula is C29H36FNO7S. The number of carbonyl (C=O) groups excluding carboxylic acids is 2. The van der Waals surface area contributed by atoms with Crippen LogP contribution in [0.4, 0.5) is 4.39 Å². The van der Waals surface area contributed by atoms with Crippen molar-refractivity contribution in [2.24, 2.45) is 0 Å². The molecule has 2 aromatic carbocycles. The Morgan fingerprint density at radius 1 is 1.15 bits per heavy atom. The summed E-state index contributed by atoms with van der Waals surface area (Å²) in [6.45, 7) is 11.3. The van der Waals surface area contributed by atoms with Gasteiger partial charge in [-0.25, -0.2) is 4.39 Å². The molecule has 212 valence electrons. The van der Waals surface area contributed by atoms with Crippen molar-refractivity contribution < 1.29 is 36.1 Å². The van der Waals surface area contributed by atoms with Crippen molar-refractivity contribution in [3.8, 4) is 16.9 Å². The quantitative estimate of drug-likeness (QED) is 0.130. The Balaban J connectivity index is 2.51. The van der Waals surface area contributed by atoms with Crippen molar-refractivity contribution in [2.75, 3.05) is 19.5 Å². The largest absolute Gasteiger partial charge is 0.493 e. The Kier molecular flexibility index (Phi) is 12.3. The molecule has 0 saturated carbocycles. The number of rotatable bonds is 16. The predicted octanol–water partition coefficient (Wildman–Crippen LogP) is 5.18. The third-order valence-corrected chi connectivity index (χ3v) is 6.24. The van der Waals surface area contributed by atoms with Crippen LogP contribution in [0.15, 0.2) is 61.7 Å². The van der Waals surface area contributed by atoms with E-state index in [2.05, 4.69) is 18.5 Å². The molecule has 2 aromatic rings. The van der Waals surface area contributed by atoms with E-state index in [-0.39, 0.29) is 18.6 Å². The van der Waals surface area contributed by atoms with Gasteiger partial charge in [-0.15, -0.1) is 13.2 Å². The van der Waals surface area contributed by atoms with E-state index in [1.165, 1.54) is 12.1 Å². The summed E-state index contributed by atoms with van der Waals surface area (Å²) in [5.41, 5.74) is 2.25.